The van der Waals surface area contributed by atoms with E-state index in [2.05, 4.69) is 10.1 Å². The molecule has 6 heteroatoms. The Morgan fingerprint density at radius 1 is 1.42 bits per heavy atom. The van der Waals surface area contributed by atoms with Gasteiger partial charge in [-0.05, 0) is 18.2 Å². The van der Waals surface area contributed by atoms with Crippen LogP contribution in [0.5, 0.6) is 5.75 Å². The van der Waals surface area contributed by atoms with E-state index >= 15 is 0 Å². The van der Waals surface area contributed by atoms with Gasteiger partial charge < -0.3 is 15.0 Å². The van der Waals surface area contributed by atoms with Crippen LogP contribution in [0, 0.1) is 0 Å². The first-order valence-electron chi connectivity index (χ1n) is 6.04. The van der Waals surface area contributed by atoms with Gasteiger partial charge in [-0.15, -0.1) is 0 Å². The lowest BCUT2D eigenvalue weighted by Crippen LogP contribution is -2.03. The fourth-order valence-corrected chi connectivity index (χ4v) is 1.74. The molecule has 0 bridgehead atoms. The fourth-order valence-electron chi connectivity index (χ4n) is 1.55. The fraction of sp³-hybridized carbons (Fsp3) is 0.385. The van der Waals surface area contributed by atoms with Gasteiger partial charge in [-0.1, -0.05) is 30.6 Å². The van der Waals surface area contributed by atoms with Crippen LogP contribution in [0.3, 0.4) is 0 Å². The molecule has 0 spiro atoms. The summed E-state index contributed by atoms with van der Waals surface area (Å²) >= 11 is 5.90. The lowest BCUT2D eigenvalue weighted by molar-refractivity contribution is 0.240. The first kappa shape index (κ1) is 13.8. The summed E-state index contributed by atoms with van der Waals surface area (Å²) in [4.78, 5) is 4.24. The van der Waals surface area contributed by atoms with Gasteiger partial charge in [0, 0.05) is 23.0 Å². The molecule has 2 rings (SSSR count). The third-order valence-electron chi connectivity index (χ3n) is 2.59. The molecule has 5 nitrogen and oxygen atoms in total. The quantitative estimate of drug-likeness (QED) is 0.912. The van der Waals surface area contributed by atoms with E-state index in [4.69, 9.17) is 26.6 Å². The highest BCUT2D eigenvalue weighted by Crippen LogP contribution is 2.23. The molecule has 0 aliphatic heterocycles. The van der Waals surface area contributed by atoms with Gasteiger partial charge in [0.1, 0.15) is 5.75 Å². The molecule has 0 aliphatic carbocycles. The highest BCUT2D eigenvalue weighted by Gasteiger charge is 2.11. The van der Waals surface area contributed by atoms with Gasteiger partial charge in [0.05, 0.1) is 0 Å². The zero-order valence-corrected chi connectivity index (χ0v) is 11.6. The molecule has 0 atom stereocenters. The number of nitrogens with zero attached hydrogens (tertiary/aromatic N) is 2. The third-order valence-corrected chi connectivity index (χ3v) is 2.83. The molecular weight excluding hydrogens is 266 g/mol. The van der Waals surface area contributed by atoms with Crippen molar-refractivity contribution in [1.29, 1.82) is 0 Å². The van der Waals surface area contributed by atoms with Gasteiger partial charge in [-0.25, -0.2) is 0 Å². The van der Waals surface area contributed by atoms with E-state index in [-0.39, 0.29) is 12.5 Å². The van der Waals surface area contributed by atoms with E-state index < -0.39 is 0 Å². The first-order valence-corrected chi connectivity index (χ1v) is 6.41. The molecule has 1 heterocycles. The van der Waals surface area contributed by atoms with Gasteiger partial charge in [-0.2, -0.15) is 4.98 Å². The number of benzene rings is 1. The normalized spacial score (nSPS) is 11.0. The topological polar surface area (TPSA) is 74.2 Å². The number of rotatable bonds is 5. The summed E-state index contributed by atoms with van der Waals surface area (Å²) < 4.78 is 10.7. The second-order valence-electron chi connectivity index (χ2n) is 4.45. The van der Waals surface area contributed by atoms with Crippen LogP contribution in [0.15, 0.2) is 22.7 Å². The summed E-state index contributed by atoms with van der Waals surface area (Å²) in [5.41, 5.74) is 6.49. The highest BCUT2D eigenvalue weighted by atomic mass is 35.5. The number of halogens is 1. The minimum absolute atomic E-state index is 0.217. The van der Waals surface area contributed by atoms with Crippen LogP contribution >= 0.6 is 11.6 Å². The SMILES string of the molecule is CC(C)c1noc(COc2ccc(Cl)cc2CN)n1. The van der Waals surface area contributed by atoms with Crippen LogP contribution in [0.4, 0.5) is 0 Å². The van der Waals surface area contributed by atoms with Gasteiger partial charge >= 0.3 is 0 Å². The average molecular weight is 282 g/mol. The molecule has 0 saturated carbocycles. The van der Waals surface area contributed by atoms with E-state index in [0.29, 0.717) is 29.0 Å². The Labute approximate surface area is 116 Å². The Morgan fingerprint density at radius 3 is 2.84 bits per heavy atom. The van der Waals surface area contributed by atoms with Crippen LogP contribution in [0.25, 0.3) is 0 Å². The molecule has 1 aromatic heterocycles. The van der Waals surface area contributed by atoms with Crippen LogP contribution in [-0.4, -0.2) is 10.1 Å². The Hall–Kier alpha value is -1.59. The Balaban J connectivity index is 2.05. The second-order valence-corrected chi connectivity index (χ2v) is 4.88. The molecular formula is C13H16ClN3O2. The van der Waals surface area contributed by atoms with E-state index in [9.17, 15) is 0 Å². The number of hydrogen-bond acceptors (Lipinski definition) is 5. The first-order chi connectivity index (χ1) is 9.10. The summed E-state index contributed by atoms with van der Waals surface area (Å²) in [6, 6.07) is 5.32. The molecule has 102 valence electrons. The summed E-state index contributed by atoms with van der Waals surface area (Å²) in [7, 11) is 0. The second kappa shape index (κ2) is 6.04. The predicted octanol–water partition coefficient (Wildman–Crippen LogP) is 2.88. The zero-order valence-electron chi connectivity index (χ0n) is 10.9. The number of nitrogens with two attached hydrogens (primary N) is 1. The van der Waals surface area contributed by atoms with E-state index in [1.54, 1.807) is 18.2 Å². The Morgan fingerprint density at radius 2 is 2.21 bits per heavy atom. The van der Waals surface area contributed by atoms with Crippen LogP contribution < -0.4 is 10.5 Å². The van der Waals surface area contributed by atoms with E-state index in [0.717, 1.165) is 5.56 Å². The van der Waals surface area contributed by atoms with Gasteiger partial charge in [0.2, 0.25) is 0 Å². The molecule has 0 radical (unpaired) electrons. The smallest absolute Gasteiger partial charge is 0.264 e. The van der Waals surface area contributed by atoms with Gasteiger partial charge in [0.15, 0.2) is 12.4 Å². The molecule has 0 aliphatic rings. The Bertz CT molecular complexity index is 555. The monoisotopic (exact) mass is 281 g/mol. The summed E-state index contributed by atoms with van der Waals surface area (Å²) in [6.07, 6.45) is 0. The van der Waals surface area contributed by atoms with Gasteiger partial charge in [0.25, 0.3) is 5.89 Å². The molecule has 0 saturated heterocycles. The van der Waals surface area contributed by atoms with Crippen molar-refractivity contribution in [2.75, 3.05) is 0 Å². The van der Waals surface area contributed by atoms with E-state index in [1.807, 2.05) is 13.8 Å². The zero-order chi connectivity index (χ0) is 13.8. The standard InChI is InChI=1S/C13H16ClN3O2/c1-8(2)13-16-12(19-17-13)7-18-11-4-3-10(14)5-9(11)6-15/h3-5,8H,6-7,15H2,1-2H3. The van der Waals surface area contributed by atoms with Gasteiger partial charge in [-0.3, -0.25) is 0 Å². The van der Waals surface area contributed by atoms with E-state index in [1.165, 1.54) is 0 Å². The van der Waals surface area contributed by atoms with Crippen LogP contribution in [0.2, 0.25) is 5.02 Å². The largest absolute Gasteiger partial charge is 0.483 e. The summed E-state index contributed by atoms with van der Waals surface area (Å²) in [6.45, 7) is 4.58. The predicted molar refractivity (Wildman–Crippen MR) is 72.1 cm³/mol. The lowest BCUT2D eigenvalue weighted by atomic mass is 10.2. The van der Waals surface area contributed by atoms with Crippen LogP contribution in [-0.2, 0) is 13.2 Å². The molecule has 2 aromatic rings. The summed E-state index contributed by atoms with van der Waals surface area (Å²) in [5.74, 6) is 2.03. The molecule has 0 unspecified atom stereocenters. The molecule has 0 amide bonds. The highest BCUT2D eigenvalue weighted by molar-refractivity contribution is 6.30. The van der Waals surface area contributed by atoms with Crippen molar-refractivity contribution in [3.8, 4) is 5.75 Å². The number of aromatic nitrogens is 2. The molecule has 2 N–H and O–H groups in total. The maximum atomic E-state index is 5.90. The van der Waals surface area contributed by atoms with Crippen molar-refractivity contribution in [2.24, 2.45) is 5.73 Å². The maximum Gasteiger partial charge on any atom is 0.264 e. The van der Waals surface area contributed by atoms with Crippen molar-refractivity contribution < 1.29 is 9.26 Å². The number of hydrogen-bond donors (Lipinski definition) is 1. The van der Waals surface area contributed by atoms with Crippen molar-refractivity contribution in [1.82, 2.24) is 10.1 Å². The van der Waals surface area contributed by atoms with Crippen molar-refractivity contribution in [3.05, 3.63) is 40.5 Å². The minimum atomic E-state index is 0.217. The van der Waals surface area contributed by atoms with Crippen molar-refractivity contribution in [3.63, 3.8) is 0 Å². The molecule has 0 fully saturated rings. The molecule has 19 heavy (non-hydrogen) atoms. The number of ether oxygens (including phenoxy) is 1. The average Bonchev–Trinajstić information content (AvgIpc) is 2.86. The third kappa shape index (κ3) is 3.45. The van der Waals surface area contributed by atoms with Crippen LogP contribution in [0.1, 0.15) is 37.0 Å². The van der Waals surface area contributed by atoms with Crippen molar-refractivity contribution >= 4 is 11.6 Å². The molecule has 1 aromatic carbocycles. The maximum absolute atomic E-state index is 5.90. The minimum Gasteiger partial charge on any atom is -0.483 e. The lowest BCUT2D eigenvalue weighted by Gasteiger charge is -2.08. The van der Waals surface area contributed by atoms with Crippen molar-refractivity contribution in [2.45, 2.75) is 32.9 Å². The Kier molecular flexibility index (Phi) is 4.39. The summed E-state index contributed by atoms with van der Waals surface area (Å²) in [5, 5.41) is 4.50.